The third-order valence-corrected chi connectivity index (χ3v) is 2.60. The molecule has 0 atom stereocenters. The molecule has 0 amide bonds. The summed E-state index contributed by atoms with van der Waals surface area (Å²) in [6.45, 7) is -2.88. The fourth-order valence-electron chi connectivity index (χ4n) is 1.66. The highest BCUT2D eigenvalue weighted by Crippen LogP contribution is 2.14. The van der Waals surface area contributed by atoms with E-state index in [4.69, 9.17) is 4.74 Å². The summed E-state index contributed by atoms with van der Waals surface area (Å²) in [4.78, 5) is 3.55. The van der Waals surface area contributed by atoms with Crippen LogP contribution >= 0.6 is 0 Å². The third-order valence-electron chi connectivity index (χ3n) is 2.60. The molecule has 0 saturated carbocycles. The first-order valence-corrected chi connectivity index (χ1v) is 5.78. The van der Waals surface area contributed by atoms with Crippen LogP contribution in [0.2, 0.25) is 0 Å². The van der Waals surface area contributed by atoms with Crippen LogP contribution in [0.3, 0.4) is 0 Å². The SMILES string of the molecule is Cc1cccc(COc2cncc([B-](F)(F)F)c2)c1. The van der Waals surface area contributed by atoms with E-state index in [9.17, 15) is 12.9 Å². The summed E-state index contributed by atoms with van der Waals surface area (Å²) in [7, 11) is 0. The van der Waals surface area contributed by atoms with Crippen molar-refractivity contribution >= 4 is 12.4 Å². The first-order valence-electron chi connectivity index (χ1n) is 5.78. The van der Waals surface area contributed by atoms with Crippen LogP contribution < -0.4 is 10.2 Å². The van der Waals surface area contributed by atoms with Crippen molar-refractivity contribution in [2.24, 2.45) is 0 Å². The van der Waals surface area contributed by atoms with Crippen molar-refractivity contribution in [3.63, 3.8) is 0 Å². The molecule has 0 N–H and O–H groups in total. The summed E-state index contributed by atoms with van der Waals surface area (Å²) in [6, 6.07) is 8.57. The van der Waals surface area contributed by atoms with Gasteiger partial charge in [-0.1, -0.05) is 35.3 Å². The molecule has 0 saturated heterocycles. The highest BCUT2D eigenvalue weighted by Gasteiger charge is 2.26. The Labute approximate surface area is 109 Å². The zero-order valence-electron chi connectivity index (χ0n) is 10.3. The topological polar surface area (TPSA) is 22.1 Å². The van der Waals surface area contributed by atoms with E-state index in [0.717, 1.165) is 23.4 Å². The molecule has 2 aromatic rings. The lowest BCUT2D eigenvalue weighted by Gasteiger charge is -2.15. The number of rotatable bonds is 4. The number of aromatic nitrogens is 1. The summed E-state index contributed by atoms with van der Waals surface area (Å²) in [6.07, 6.45) is 2.08. The van der Waals surface area contributed by atoms with Crippen molar-refractivity contribution in [1.29, 1.82) is 0 Å². The summed E-state index contributed by atoms with van der Waals surface area (Å²) < 4.78 is 43.0. The normalized spacial score (nSPS) is 11.4. The van der Waals surface area contributed by atoms with Crippen molar-refractivity contribution in [3.8, 4) is 5.75 Å². The van der Waals surface area contributed by atoms with E-state index in [1.165, 1.54) is 6.20 Å². The van der Waals surface area contributed by atoms with Gasteiger partial charge >= 0.3 is 6.98 Å². The first-order chi connectivity index (χ1) is 8.95. The second kappa shape index (κ2) is 5.34. The van der Waals surface area contributed by atoms with Gasteiger partial charge in [0.05, 0.1) is 6.20 Å². The van der Waals surface area contributed by atoms with Crippen molar-refractivity contribution in [3.05, 3.63) is 53.9 Å². The average Bonchev–Trinajstić information content (AvgIpc) is 2.36. The number of nitrogens with zero attached hydrogens (tertiary/aromatic N) is 1. The predicted molar refractivity (Wildman–Crippen MR) is 68.5 cm³/mol. The highest BCUT2D eigenvalue weighted by molar-refractivity contribution is 6.73. The molecule has 1 aromatic carbocycles. The van der Waals surface area contributed by atoms with Crippen LogP contribution in [-0.2, 0) is 6.61 Å². The third kappa shape index (κ3) is 3.74. The molecule has 0 unspecified atom stereocenters. The van der Waals surface area contributed by atoms with E-state index in [2.05, 4.69) is 4.98 Å². The van der Waals surface area contributed by atoms with Gasteiger partial charge in [0.1, 0.15) is 12.4 Å². The Morgan fingerprint density at radius 2 is 1.95 bits per heavy atom. The van der Waals surface area contributed by atoms with Crippen LogP contribution in [0.5, 0.6) is 5.75 Å². The summed E-state index contributed by atoms with van der Waals surface area (Å²) in [5.41, 5.74) is 1.23. The molecule has 2 nitrogen and oxygen atoms in total. The largest absolute Gasteiger partial charge is 0.511 e. The zero-order chi connectivity index (χ0) is 13.9. The minimum atomic E-state index is -5.04. The Hall–Kier alpha value is -1.98. The van der Waals surface area contributed by atoms with Crippen LogP contribution in [0.1, 0.15) is 11.1 Å². The molecule has 1 aromatic heterocycles. The lowest BCUT2D eigenvalue weighted by molar-refractivity contribution is 0.305. The molecule has 1 heterocycles. The molecule has 0 bridgehead atoms. The van der Waals surface area contributed by atoms with Gasteiger partial charge in [0.2, 0.25) is 0 Å². The molecule has 0 radical (unpaired) electrons. The minimum absolute atomic E-state index is 0.123. The fourth-order valence-corrected chi connectivity index (χ4v) is 1.66. The summed E-state index contributed by atoms with van der Waals surface area (Å²) in [5.74, 6) is 0.123. The molecule has 19 heavy (non-hydrogen) atoms. The number of hydrogen-bond donors (Lipinski definition) is 0. The standard InChI is InChI=1S/C13H12BF3NO/c1-10-3-2-4-11(5-10)9-19-13-6-12(7-18-8-13)14(15,16)17/h2-8H,9H2,1H3/q-1. The van der Waals surface area contributed by atoms with Gasteiger partial charge in [-0.15, -0.1) is 0 Å². The smallest absolute Gasteiger partial charge is 0.487 e. The average molecular weight is 266 g/mol. The summed E-state index contributed by atoms with van der Waals surface area (Å²) in [5, 5.41) is 0. The second-order valence-corrected chi connectivity index (χ2v) is 4.31. The van der Waals surface area contributed by atoms with Gasteiger partial charge < -0.3 is 17.7 Å². The maximum Gasteiger partial charge on any atom is 0.511 e. The maximum atomic E-state index is 12.6. The molecule has 0 fully saturated rings. The maximum absolute atomic E-state index is 12.6. The van der Waals surface area contributed by atoms with Gasteiger partial charge in [0.15, 0.2) is 0 Å². The summed E-state index contributed by atoms with van der Waals surface area (Å²) >= 11 is 0. The van der Waals surface area contributed by atoms with E-state index in [1.807, 2.05) is 31.2 Å². The van der Waals surface area contributed by atoms with Crippen molar-refractivity contribution < 1.29 is 17.7 Å². The minimum Gasteiger partial charge on any atom is -0.487 e. The molecule has 100 valence electrons. The Morgan fingerprint density at radius 3 is 2.63 bits per heavy atom. The fraction of sp³-hybridized carbons (Fsp3) is 0.154. The number of ether oxygens (including phenoxy) is 1. The Kier molecular flexibility index (Phi) is 3.78. The number of hydrogen-bond acceptors (Lipinski definition) is 2. The van der Waals surface area contributed by atoms with Gasteiger partial charge in [0.25, 0.3) is 0 Å². The van der Waals surface area contributed by atoms with E-state index < -0.39 is 12.4 Å². The van der Waals surface area contributed by atoms with E-state index in [-0.39, 0.29) is 12.4 Å². The van der Waals surface area contributed by atoms with Gasteiger partial charge in [-0.3, -0.25) is 4.98 Å². The lowest BCUT2D eigenvalue weighted by Crippen LogP contribution is -2.34. The lowest BCUT2D eigenvalue weighted by atomic mass is 9.81. The molecular formula is C13H12BF3NO-. The van der Waals surface area contributed by atoms with Crippen LogP contribution in [0, 0.1) is 6.92 Å². The Bertz CT molecular complexity index is 572. The quantitative estimate of drug-likeness (QED) is 0.793. The molecule has 0 aliphatic rings. The number of halogens is 3. The monoisotopic (exact) mass is 266 g/mol. The Balaban J connectivity index is 2.08. The Morgan fingerprint density at radius 1 is 1.16 bits per heavy atom. The van der Waals surface area contributed by atoms with Crippen LogP contribution in [0.25, 0.3) is 0 Å². The van der Waals surface area contributed by atoms with Gasteiger partial charge in [-0.25, -0.2) is 0 Å². The first kappa shape index (κ1) is 13.5. The molecular weight excluding hydrogens is 254 g/mol. The van der Waals surface area contributed by atoms with Gasteiger partial charge in [0, 0.05) is 6.20 Å². The van der Waals surface area contributed by atoms with E-state index in [0.29, 0.717) is 0 Å². The van der Waals surface area contributed by atoms with Crippen molar-refractivity contribution in [1.82, 2.24) is 4.98 Å². The molecule has 6 heteroatoms. The number of aryl methyl sites for hydroxylation is 1. The molecule has 0 aliphatic heterocycles. The molecule has 2 rings (SSSR count). The molecule has 0 aliphatic carbocycles. The number of benzene rings is 1. The highest BCUT2D eigenvalue weighted by atomic mass is 19.4. The van der Waals surface area contributed by atoms with E-state index >= 15 is 0 Å². The zero-order valence-corrected chi connectivity index (χ0v) is 10.3. The van der Waals surface area contributed by atoms with Gasteiger partial charge in [-0.2, -0.15) is 0 Å². The van der Waals surface area contributed by atoms with Crippen LogP contribution in [0.15, 0.2) is 42.7 Å². The van der Waals surface area contributed by atoms with E-state index in [1.54, 1.807) is 0 Å². The van der Waals surface area contributed by atoms with Gasteiger partial charge in [-0.05, 0) is 18.6 Å². The van der Waals surface area contributed by atoms with Crippen molar-refractivity contribution in [2.75, 3.05) is 0 Å². The van der Waals surface area contributed by atoms with Crippen LogP contribution in [-0.4, -0.2) is 12.0 Å². The second-order valence-electron chi connectivity index (χ2n) is 4.31. The predicted octanol–water partition coefficient (Wildman–Crippen LogP) is 3.02. The van der Waals surface area contributed by atoms with Crippen molar-refractivity contribution in [2.45, 2.75) is 13.5 Å². The van der Waals surface area contributed by atoms with Crippen LogP contribution in [0.4, 0.5) is 12.9 Å². The molecule has 0 spiro atoms. The number of pyridine rings is 1.